The summed E-state index contributed by atoms with van der Waals surface area (Å²) in [6.45, 7) is 11.7. The summed E-state index contributed by atoms with van der Waals surface area (Å²) in [5, 5.41) is 8.66. The lowest BCUT2D eigenvalue weighted by Crippen LogP contribution is -2.46. The third kappa shape index (κ3) is 6.40. The van der Waals surface area contributed by atoms with Gasteiger partial charge in [0.05, 0.1) is 31.5 Å². The molecular weight excluding hydrogens is 406 g/mol. The number of aliphatic imine (C=N–C) groups is 1. The number of aryl methyl sites for hydroxylation is 2. The fraction of sp³-hybridized carbons (Fsp3) is 0.524. The first kappa shape index (κ1) is 22.0. The topological polar surface area (TPSA) is 61.8 Å². The van der Waals surface area contributed by atoms with Gasteiger partial charge in [-0.2, -0.15) is 0 Å². The minimum atomic E-state index is 0.226. The Kier molecular flexibility index (Phi) is 8.29. The van der Waals surface area contributed by atoms with E-state index in [2.05, 4.69) is 46.5 Å². The van der Waals surface area contributed by atoms with Crippen molar-refractivity contribution in [3.63, 3.8) is 0 Å². The van der Waals surface area contributed by atoms with Crippen LogP contribution in [0.5, 0.6) is 0 Å². The van der Waals surface area contributed by atoms with Crippen molar-refractivity contribution >= 4 is 28.9 Å². The molecule has 1 saturated heterocycles. The second kappa shape index (κ2) is 10.9. The first-order valence-electron chi connectivity index (χ1n) is 10.1. The van der Waals surface area contributed by atoms with E-state index in [1.807, 2.05) is 19.1 Å². The van der Waals surface area contributed by atoms with Gasteiger partial charge in [-0.25, -0.2) is 9.98 Å². The number of nitrogens with zero attached hydrogens (tertiary/aromatic N) is 3. The van der Waals surface area contributed by atoms with E-state index in [-0.39, 0.29) is 6.04 Å². The Morgan fingerprint density at radius 2 is 1.97 bits per heavy atom. The zero-order valence-corrected chi connectivity index (χ0v) is 18.9. The van der Waals surface area contributed by atoms with Gasteiger partial charge in [-0.05, 0) is 38.5 Å². The van der Waals surface area contributed by atoms with E-state index >= 15 is 0 Å². The van der Waals surface area contributed by atoms with Crippen molar-refractivity contribution in [3.8, 4) is 0 Å². The van der Waals surface area contributed by atoms with Gasteiger partial charge in [-0.1, -0.05) is 23.7 Å². The summed E-state index contributed by atoms with van der Waals surface area (Å²) in [6, 6.07) is 8.35. The van der Waals surface area contributed by atoms with E-state index in [0.29, 0.717) is 6.54 Å². The molecule has 2 N–H and O–H groups in total. The molecule has 158 valence electrons. The number of nitrogens with one attached hydrogen (secondary N) is 2. The number of hydrogen-bond donors (Lipinski definition) is 2. The summed E-state index contributed by atoms with van der Waals surface area (Å²) in [5.74, 6) is 0.810. The molecule has 6 nitrogen and oxygen atoms in total. The van der Waals surface area contributed by atoms with E-state index in [9.17, 15) is 0 Å². The molecule has 1 fully saturated rings. The van der Waals surface area contributed by atoms with Crippen molar-refractivity contribution < 1.29 is 4.74 Å². The molecular formula is C21H30ClN5OS. The molecule has 29 heavy (non-hydrogen) atoms. The van der Waals surface area contributed by atoms with Crippen LogP contribution < -0.4 is 10.6 Å². The first-order chi connectivity index (χ1) is 14.1. The molecule has 2 heterocycles. The molecule has 0 radical (unpaired) electrons. The second-order valence-corrected chi connectivity index (χ2v) is 8.77. The molecule has 3 rings (SSSR count). The molecule has 1 aliphatic heterocycles. The molecule has 2 aromatic rings. The molecule has 1 atom stereocenters. The molecule has 1 unspecified atom stereocenters. The van der Waals surface area contributed by atoms with Gasteiger partial charge in [0.1, 0.15) is 5.01 Å². The minimum Gasteiger partial charge on any atom is -0.379 e. The molecule has 0 saturated carbocycles. The molecule has 0 aliphatic carbocycles. The van der Waals surface area contributed by atoms with Gasteiger partial charge in [-0.3, -0.25) is 4.90 Å². The van der Waals surface area contributed by atoms with Gasteiger partial charge in [0.25, 0.3) is 0 Å². The fourth-order valence-corrected chi connectivity index (χ4v) is 4.30. The predicted molar refractivity (Wildman–Crippen MR) is 121 cm³/mol. The van der Waals surface area contributed by atoms with Crippen LogP contribution >= 0.6 is 22.9 Å². The highest BCUT2D eigenvalue weighted by Gasteiger charge is 2.23. The van der Waals surface area contributed by atoms with E-state index in [1.54, 1.807) is 11.3 Å². The van der Waals surface area contributed by atoms with Crippen molar-refractivity contribution in [2.45, 2.75) is 33.4 Å². The van der Waals surface area contributed by atoms with E-state index in [1.165, 1.54) is 10.4 Å². The maximum atomic E-state index is 6.10. The van der Waals surface area contributed by atoms with Crippen molar-refractivity contribution in [2.24, 2.45) is 4.99 Å². The molecule has 1 aromatic heterocycles. The third-order valence-electron chi connectivity index (χ3n) is 4.99. The van der Waals surface area contributed by atoms with Crippen LogP contribution in [0.3, 0.4) is 0 Å². The zero-order valence-electron chi connectivity index (χ0n) is 17.4. The number of halogens is 1. The largest absolute Gasteiger partial charge is 0.379 e. The summed E-state index contributed by atoms with van der Waals surface area (Å²) >= 11 is 7.81. The Balaban J connectivity index is 1.70. The van der Waals surface area contributed by atoms with Gasteiger partial charge in [0.15, 0.2) is 5.96 Å². The van der Waals surface area contributed by atoms with E-state index in [4.69, 9.17) is 21.3 Å². The SMILES string of the molecule is CCNC(=NCc1nc(C)c(C)s1)NCC(c1ccc(Cl)cc1)N1CCOCC1. The molecule has 8 heteroatoms. The smallest absolute Gasteiger partial charge is 0.191 e. The molecule has 0 spiro atoms. The van der Waals surface area contributed by atoms with Crippen LogP contribution in [-0.2, 0) is 11.3 Å². The summed E-state index contributed by atoms with van der Waals surface area (Å²) in [7, 11) is 0. The van der Waals surface area contributed by atoms with Crippen LogP contribution in [-0.4, -0.2) is 55.2 Å². The van der Waals surface area contributed by atoms with E-state index in [0.717, 1.165) is 61.1 Å². The number of hydrogen-bond acceptors (Lipinski definition) is 5. The lowest BCUT2D eigenvalue weighted by molar-refractivity contribution is 0.0170. The lowest BCUT2D eigenvalue weighted by atomic mass is 10.0. The van der Waals surface area contributed by atoms with E-state index < -0.39 is 0 Å². The summed E-state index contributed by atoms with van der Waals surface area (Å²) in [4.78, 5) is 13.0. The molecule has 0 amide bonds. The van der Waals surface area contributed by atoms with Crippen LogP contribution in [0, 0.1) is 13.8 Å². The number of ether oxygens (including phenoxy) is 1. The molecule has 1 aromatic carbocycles. The average molecular weight is 436 g/mol. The zero-order chi connectivity index (χ0) is 20.6. The van der Waals surface area contributed by atoms with Crippen molar-refractivity contribution in [2.75, 3.05) is 39.4 Å². The van der Waals surface area contributed by atoms with Crippen LogP contribution in [0.4, 0.5) is 0 Å². The summed E-state index contributed by atoms with van der Waals surface area (Å²) < 4.78 is 5.54. The average Bonchev–Trinajstić information content (AvgIpc) is 3.05. The lowest BCUT2D eigenvalue weighted by Gasteiger charge is -2.35. The van der Waals surface area contributed by atoms with Gasteiger partial charge < -0.3 is 15.4 Å². The van der Waals surface area contributed by atoms with Gasteiger partial charge in [-0.15, -0.1) is 11.3 Å². The molecule has 0 bridgehead atoms. The van der Waals surface area contributed by atoms with Gasteiger partial charge >= 0.3 is 0 Å². The Labute approximate surface area is 182 Å². The van der Waals surface area contributed by atoms with Crippen molar-refractivity contribution in [1.29, 1.82) is 0 Å². The fourth-order valence-electron chi connectivity index (χ4n) is 3.32. The highest BCUT2D eigenvalue weighted by atomic mass is 35.5. The predicted octanol–water partition coefficient (Wildman–Crippen LogP) is 3.54. The van der Waals surface area contributed by atoms with Crippen molar-refractivity contribution in [1.82, 2.24) is 20.5 Å². The number of benzene rings is 1. The van der Waals surface area contributed by atoms with Crippen LogP contribution in [0.15, 0.2) is 29.3 Å². The number of aromatic nitrogens is 1. The minimum absolute atomic E-state index is 0.226. The van der Waals surface area contributed by atoms with Crippen LogP contribution in [0.2, 0.25) is 5.02 Å². The Morgan fingerprint density at radius 3 is 2.59 bits per heavy atom. The maximum absolute atomic E-state index is 6.10. The standard InChI is InChI=1S/C21H30ClN5OS/c1-4-23-21(25-14-20-26-15(2)16(3)29-20)24-13-19(27-9-11-28-12-10-27)17-5-7-18(22)8-6-17/h5-8,19H,4,9-14H2,1-3H3,(H2,23,24,25). The van der Waals surface area contributed by atoms with Crippen molar-refractivity contribution in [3.05, 3.63) is 50.4 Å². The first-order valence-corrected chi connectivity index (χ1v) is 11.3. The molecule has 1 aliphatic rings. The number of rotatable bonds is 7. The van der Waals surface area contributed by atoms with Crippen LogP contribution in [0.1, 0.15) is 34.1 Å². The second-order valence-electron chi connectivity index (χ2n) is 7.04. The van der Waals surface area contributed by atoms with Gasteiger partial charge in [0.2, 0.25) is 0 Å². The Bertz CT molecular complexity index is 782. The number of thiazole rings is 1. The normalized spacial score (nSPS) is 16.6. The van der Waals surface area contributed by atoms with Gasteiger partial charge in [0, 0.05) is 36.1 Å². The third-order valence-corrected chi connectivity index (χ3v) is 6.30. The monoisotopic (exact) mass is 435 g/mol. The van der Waals surface area contributed by atoms with Crippen LogP contribution in [0.25, 0.3) is 0 Å². The summed E-state index contributed by atoms with van der Waals surface area (Å²) in [6.07, 6.45) is 0. The highest BCUT2D eigenvalue weighted by Crippen LogP contribution is 2.23. The highest BCUT2D eigenvalue weighted by molar-refractivity contribution is 7.11. The quantitative estimate of drug-likeness (QED) is 0.514. The Morgan fingerprint density at radius 1 is 1.24 bits per heavy atom. The number of guanidine groups is 1. The summed E-state index contributed by atoms with van der Waals surface area (Å²) in [5.41, 5.74) is 2.33. The maximum Gasteiger partial charge on any atom is 0.191 e. The Hall–Kier alpha value is -1.67. The number of morpholine rings is 1.